The van der Waals surface area contributed by atoms with Crippen LogP contribution in [-0.2, 0) is 5.41 Å². The predicted molar refractivity (Wildman–Crippen MR) is 174 cm³/mol. The molecule has 0 fully saturated rings. The minimum absolute atomic E-state index is 0.0758. The quantitative estimate of drug-likeness (QED) is 0.205. The van der Waals surface area contributed by atoms with E-state index < -0.39 is 0 Å². The van der Waals surface area contributed by atoms with Crippen LogP contribution in [0.4, 0.5) is 0 Å². The van der Waals surface area contributed by atoms with Crippen molar-refractivity contribution in [3.63, 3.8) is 0 Å². The van der Waals surface area contributed by atoms with Crippen molar-refractivity contribution >= 4 is 38.1 Å². The van der Waals surface area contributed by atoms with E-state index >= 15 is 0 Å². The van der Waals surface area contributed by atoms with Crippen LogP contribution in [0.2, 0.25) is 0 Å². The lowest BCUT2D eigenvalue weighted by atomic mass is 9.81. The van der Waals surface area contributed by atoms with Gasteiger partial charge in [-0.05, 0) is 69.6 Å². The number of nitrogens with zero attached hydrogens (tertiary/aromatic N) is 3. The number of hydrogen-bond donors (Lipinski definition) is 0. The summed E-state index contributed by atoms with van der Waals surface area (Å²) in [6.07, 6.45) is 2.13. The molecule has 1 aliphatic rings. The van der Waals surface area contributed by atoms with Crippen molar-refractivity contribution in [1.29, 1.82) is 0 Å². The zero-order chi connectivity index (χ0) is 28.0. The molecule has 0 saturated carbocycles. The molecule has 198 valence electrons. The van der Waals surface area contributed by atoms with E-state index in [1.54, 1.807) is 0 Å². The van der Waals surface area contributed by atoms with Crippen LogP contribution in [0.1, 0.15) is 25.0 Å². The van der Waals surface area contributed by atoms with Gasteiger partial charge >= 0.3 is 0 Å². The maximum atomic E-state index is 5.29. The Labute approximate surface area is 243 Å². The molecule has 0 bridgehead atoms. The normalized spacial score (nSPS) is 13.7. The van der Waals surface area contributed by atoms with Crippen LogP contribution < -0.4 is 0 Å². The summed E-state index contributed by atoms with van der Waals surface area (Å²) < 4.78 is 2.00. The number of fused-ring (bicyclic) bond motifs is 9. The van der Waals surface area contributed by atoms with Gasteiger partial charge in [0, 0.05) is 38.9 Å². The van der Waals surface area contributed by atoms with Crippen molar-refractivity contribution < 1.29 is 0 Å². The molecule has 3 heteroatoms. The predicted octanol–water partition coefficient (Wildman–Crippen LogP) is 9.83. The Bertz CT molecular complexity index is 2390. The average molecular weight is 538 g/mol. The van der Waals surface area contributed by atoms with E-state index in [-0.39, 0.29) is 5.41 Å². The molecule has 5 aromatic carbocycles. The Morgan fingerprint density at radius 2 is 1.29 bits per heavy atom. The van der Waals surface area contributed by atoms with Gasteiger partial charge in [-0.15, -0.1) is 0 Å². The largest absolute Gasteiger partial charge is 0.247 e. The van der Waals surface area contributed by atoms with E-state index in [1.807, 2.05) is 10.6 Å². The minimum Gasteiger partial charge on any atom is -0.247 e. The summed E-state index contributed by atoms with van der Waals surface area (Å²) in [7, 11) is 0. The smallest absolute Gasteiger partial charge is 0.0933 e. The van der Waals surface area contributed by atoms with Crippen LogP contribution in [-0.4, -0.2) is 14.6 Å². The minimum atomic E-state index is -0.0758. The fourth-order valence-corrected chi connectivity index (χ4v) is 7.06. The van der Waals surface area contributed by atoms with Crippen molar-refractivity contribution in [3.05, 3.63) is 139 Å². The number of rotatable bonds is 2. The molecule has 3 heterocycles. The fraction of sp³-hybridized carbons (Fsp3) is 0.0769. The van der Waals surface area contributed by atoms with Crippen LogP contribution in [0.5, 0.6) is 0 Å². The van der Waals surface area contributed by atoms with Gasteiger partial charge in [0.1, 0.15) is 0 Å². The third-order valence-electron chi connectivity index (χ3n) is 9.20. The molecular formula is C39H27N3. The van der Waals surface area contributed by atoms with Crippen molar-refractivity contribution in [1.82, 2.24) is 14.6 Å². The number of pyridine rings is 2. The van der Waals surface area contributed by atoms with Gasteiger partial charge in [-0.25, -0.2) is 9.50 Å². The van der Waals surface area contributed by atoms with Crippen molar-refractivity contribution in [2.45, 2.75) is 19.3 Å². The van der Waals surface area contributed by atoms with Gasteiger partial charge in [0.2, 0.25) is 0 Å². The lowest BCUT2D eigenvalue weighted by Crippen LogP contribution is -2.14. The van der Waals surface area contributed by atoms with Crippen molar-refractivity contribution in [2.75, 3.05) is 0 Å². The molecule has 3 aromatic heterocycles. The first-order chi connectivity index (χ1) is 20.6. The highest BCUT2D eigenvalue weighted by molar-refractivity contribution is 6.13. The van der Waals surface area contributed by atoms with Gasteiger partial charge in [0.15, 0.2) is 0 Å². The standard InChI is InChI=1S/C39H27N3/c1-39(2)33-15-6-3-12-27(33)31-21-30-28-13-4-7-16-35(28)40-38(32(30)22-34(31)39)25-11-9-10-24(20-25)26-18-19-37-29-14-5-8-17-36(29)41-42(37)23-26/h3-23H,1-2H3. The van der Waals surface area contributed by atoms with E-state index in [0.717, 1.165) is 38.9 Å². The Balaban J connectivity index is 1.27. The van der Waals surface area contributed by atoms with E-state index in [2.05, 4.69) is 135 Å². The van der Waals surface area contributed by atoms with Gasteiger partial charge in [-0.1, -0.05) is 98.8 Å². The SMILES string of the molecule is CC1(C)c2ccccc2-c2cc3c(cc21)c(-c1cccc(-c2ccc4c5ccccc5nn4c2)c1)nc1ccccc13. The topological polar surface area (TPSA) is 30.2 Å². The Kier molecular flexibility index (Phi) is 4.67. The second-order valence-electron chi connectivity index (χ2n) is 11.9. The van der Waals surface area contributed by atoms with Crippen molar-refractivity contribution in [2.24, 2.45) is 0 Å². The Morgan fingerprint density at radius 1 is 0.524 bits per heavy atom. The number of para-hydroxylation sites is 1. The van der Waals surface area contributed by atoms with Crippen LogP contribution in [0, 0.1) is 0 Å². The summed E-state index contributed by atoms with van der Waals surface area (Å²) >= 11 is 0. The first-order valence-corrected chi connectivity index (χ1v) is 14.5. The fourth-order valence-electron chi connectivity index (χ4n) is 7.06. The summed E-state index contributed by atoms with van der Waals surface area (Å²) in [6, 6.07) is 43.6. The molecule has 0 unspecified atom stereocenters. The molecule has 0 atom stereocenters. The van der Waals surface area contributed by atoms with Crippen LogP contribution in [0.3, 0.4) is 0 Å². The van der Waals surface area contributed by atoms with E-state index in [0.29, 0.717) is 0 Å². The summed E-state index contributed by atoms with van der Waals surface area (Å²) in [5.41, 5.74) is 12.9. The zero-order valence-electron chi connectivity index (χ0n) is 23.5. The maximum absolute atomic E-state index is 5.29. The van der Waals surface area contributed by atoms with E-state index in [1.165, 1.54) is 43.8 Å². The molecule has 3 nitrogen and oxygen atoms in total. The van der Waals surface area contributed by atoms with Gasteiger partial charge in [0.05, 0.1) is 22.2 Å². The Morgan fingerprint density at radius 3 is 2.19 bits per heavy atom. The summed E-state index contributed by atoms with van der Waals surface area (Å²) in [5.74, 6) is 0. The van der Waals surface area contributed by atoms with Crippen LogP contribution in [0.25, 0.3) is 71.6 Å². The summed E-state index contributed by atoms with van der Waals surface area (Å²) in [5, 5.41) is 9.62. The molecule has 0 N–H and O–H groups in total. The lowest BCUT2D eigenvalue weighted by molar-refractivity contribution is 0.661. The van der Waals surface area contributed by atoms with Gasteiger partial charge < -0.3 is 0 Å². The highest BCUT2D eigenvalue weighted by Crippen LogP contribution is 2.51. The molecular weight excluding hydrogens is 510 g/mol. The highest BCUT2D eigenvalue weighted by Gasteiger charge is 2.35. The zero-order valence-corrected chi connectivity index (χ0v) is 23.5. The van der Waals surface area contributed by atoms with Gasteiger partial charge in [-0.2, -0.15) is 5.10 Å². The molecule has 1 aliphatic carbocycles. The van der Waals surface area contributed by atoms with E-state index in [9.17, 15) is 0 Å². The second-order valence-corrected chi connectivity index (χ2v) is 11.9. The maximum Gasteiger partial charge on any atom is 0.0933 e. The van der Waals surface area contributed by atoms with Gasteiger partial charge in [0.25, 0.3) is 0 Å². The number of benzene rings is 5. The molecule has 8 aromatic rings. The van der Waals surface area contributed by atoms with Gasteiger partial charge in [-0.3, -0.25) is 0 Å². The highest BCUT2D eigenvalue weighted by atomic mass is 15.2. The molecule has 0 saturated heterocycles. The second kappa shape index (κ2) is 8.37. The molecule has 42 heavy (non-hydrogen) atoms. The lowest BCUT2D eigenvalue weighted by Gasteiger charge is -2.22. The number of aromatic nitrogens is 3. The Hall–Kier alpha value is -5.28. The third-order valence-corrected chi connectivity index (χ3v) is 9.20. The monoisotopic (exact) mass is 537 g/mol. The molecule has 0 radical (unpaired) electrons. The van der Waals surface area contributed by atoms with E-state index in [4.69, 9.17) is 10.1 Å². The van der Waals surface area contributed by atoms with Crippen molar-refractivity contribution in [3.8, 4) is 33.5 Å². The molecule has 0 aliphatic heterocycles. The first-order valence-electron chi connectivity index (χ1n) is 14.5. The summed E-state index contributed by atoms with van der Waals surface area (Å²) in [4.78, 5) is 5.29. The average Bonchev–Trinajstić information content (AvgIpc) is 3.51. The molecule has 0 amide bonds. The molecule has 0 spiro atoms. The third kappa shape index (κ3) is 3.22. The molecule has 9 rings (SSSR count). The van der Waals surface area contributed by atoms with Crippen LogP contribution in [0.15, 0.2) is 128 Å². The van der Waals surface area contributed by atoms with Crippen LogP contribution >= 0.6 is 0 Å². The number of hydrogen-bond acceptors (Lipinski definition) is 2. The first kappa shape index (κ1) is 23.4. The summed E-state index contributed by atoms with van der Waals surface area (Å²) in [6.45, 7) is 4.68.